The molecule has 0 radical (unpaired) electrons. The summed E-state index contributed by atoms with van der Waals surface area (Å²) in [5, 5.41) is -0.324. The molecule has 0 saturated carbocycles. The summed E-state index contributed by atoms with van der Waals surface area (Å²) in [6.07, 6.45) is 2.18. The summed E-state index contributed by atoms with van der Waals surface area (Å²) >= 11 is 0. The molecule has 0 spiro atoms. The number of furan rings is 1. The molecule has 0 aliphatic carbocycles. The lowest BCUT2D eigenvalue weighted by Gasteiger charge is -2.06. The second kappa shape index (κ2) is 5.29. The number of nitrogens with one attached hydrogen (secondary N) is 1. The van der Waals surface area contributed by atoms with Crippen LogP contribution in [0, 0.1) is 5.82 Å². The van der Waals surface area contributed by atoms with E-state index in [0.29, 0.717) is 0 Å². The summed E-state index contributed by atoms with van der Waals surface area (Å²) in [5.41, 5.74) is -0.681. The van der Waals surface area contributed by atoms with Crippen molar-refractivity contribution >= 4 is 21.7 Å². The van der Waals surface area contributed by atoms with Crippen molar-refractivity contribution in [1.29, 1.82) is 0 Å². The Kier molecular flexibility index (Phi) is 3.70. The number of sulfonamides is 1. The van der Waals surface area contributed by atoms with Crippen LogP contribution in [0.15, 0.2) is 40.2 Å². The normalized spacial score (nSPS) is 11.1. The third kappa shape index (κ3) is 2.77. The molecular weight excluding hydrogens is 291 g/mol. The lowest BCUT2D eigenvalue weighted by Crippen LogP contribution is -2.14. The van der Waals surface area contributed by atoms with Crippen LogP contribution in [0.25, 0.3) is 0 Å². The lowest BCUT2D eigenvalue weighted by atomic mass is 10.3. The molecule has 9 heteroatoms. The Labute approximate surface area is 113 Å². The minimum Gasteiger partial charge on any atom is -0.464 e. The van der Waals surface area contributed by atoms with Gasteiger partial charge in [-0.3, -0.25) is 4.72 Å². The first-order valence-corrected chi connectivity index (χ1v) is 6.72. The molecule has 0 aliphatic heterocycles. The molecule has 2 heterocycles. The number of carbonyl (C=O) groups is 1. The molecule has 2 aromatic heterocycles. The van der Waals surface area contributed by atoms with Crippen molar-refractivity contribution in [2.45, 2.75) is 5.09 Å². The topological polar surface area (TPSA) is 98.5 Å². The summed E-state index contributed by atoms with van der Waals surface area (Å²) in [6.45, 7) is 0. The van der Waals surface area contributed by atoms with E-state index in [-0.39, 0.29) is 10.8 Å². The number of ether oxygens (including phenoxy) is 1. The fraction of sp³-hybridized carbons (Fsp3) is 0.0909. The molecule has 2 aromatic rings. The number of methoxy groups -OCH3 is 1. The summed E-state index contributed by atoms with van der Waals surface area (Å²) in [6, 6.07) is 3.45. The molecule has 0 saturated heterocycles. The third-order valence-corrected chi connectivity index (χ3v) is 3.50. The Morgan fingerprint density at radius 2 is 2.25 bits per heavy atom. The van der Waals surface area contributed by atoms with Crippen molar-refractivity contribution in [2.24, 2.45) is 0 Å². The maximum absolute atomic E-state index is 13.6. The predicted molar refractivity (Wildman–Crippen MR) is 65.1 cm³/mol. The van der Waals surface area contributed by atoms with Crippen LogP contribution in [-0.4, -0.2) is 26.5 Å². The molecule has 0 aromatic carbocycles. The number of aromatic nitrogens is 1. The largest absolute Gasteiger partial charge is 0.464 e. The molecule has 0 fully saturated rings. The van der Waals surface area contributed by atoms with Crippen LogP contribution >= 0.6 is 0 Å². The summed E-state index contributed by atoms with van der Waals surface area (Å²) in [7, 11) is -2.88. The van der Waals surface area contributed by atoms with Gasteiger partial charge >= 0.3 is 5.97 Å². The fourth-order valence-electron chi connectivity index (χ4n) is 1.36. The van der Waals surface area contributed by atoms with Crippen LogP contribution < -0.4 is 4.72 Å². The maximum Gasteiger partial charge on any atom is 0.359 e. The van der Waals surface area contributed by atoms with Gasteiger partial charge in [0, 0.05) is 6.07 Å². The van der Waals surface area contributed by atoms with Crippen molar-refractivity contribution in [3.63, 3.8) is 0 Å². The fourth-order valence-corrected chi connectivity index (χ4v) is 2.32. The van der Waals surface area contributed by atoms with Gasteiger partial charge in [0.25, 0.3) is 10.0 Å². The number of esters is 1. The number of rotatable bonds is 4. The number of anilines is 1. The average Bonchev–Trinajstić information content (AvgIpc) is 2.92. The van der Waals surface area contributed by atoms with E-state index < -0.39 is 27.5 Å². The second-order valence-corrected chi connectivity index (χ2v) is 5.20. The van der Waals surface area contributed by atoms with Crippen LogP contribution in [0.4, 0.5) is 10.1 Å². The number of hydrogen-bond donors (Lipinski definition) is 1. The van der Waals surface area contributed by atoms with Gasteiger partial charge < -0.3 is 9.15 Å². The highest BCUT2D eigenvalue weighted by Gasteiger charge is 2.20. The Hall–Kier alpha value is -2.42. The smallest absolute Gasteiger partial charge is 0.359 e. The van der Waals surface area contributed by atoms with E-state index in [9.17, 15) is 17.6 Å². The predicted octanol–water partition coefficient (Wildman–Crippen LogP) is 1.40. The molecule has 2 rings (SSSR count). The minimum atomic E-state index is -3.96. The quantitative estimate of drug-likeness (QED) is 0.857. The van der Waals surface area contributed by atoms with E-state index in [0.717, 1.165) is 19.4 Å². The molecular formula is C11H9FN2O5S. The minimum absolute atomic E-state index is 0.147. The van der Waals surface area contributed by atoms with E-state index in [2.05, 4.69) is 14.4 Å². The van der Waals surface area contributed by atoms with Gasteiger partial charge in [-0.2, -0.15) is 8.42 Å². The number of halogens is 1. The first-order chi connectivity index (χ1) is 9.44. The van der Waals surface area contributed by atoms with Gasteiger partial charge in [0.15, 0.2) is 11.5 Å². The number of carbonyl (C=O) groups excluding carboxylic acids is 1. The van der Waals surface area contributed by atoms with E-state index in [1.54, 1.807) is 0 Å². The standard InChI is InChI=1S/C11H9FN2O5S/c1-18-11(15)10-8(12)5-7(6-13-10)14-20(16,17)9-3-2-4-19-9/h2-6,14H,1H3. The zero-order valence-electron chi connectivity index (χ0n) is 10.2. The van der Waals surface area contributed by atoms with Gasteiger partial charge in [0.1, 0.15) is 0 Å². The van der Waals surface area contributed by atoms with Crippen molar-refractivity contribution in [2.75, 3.05) is 11.8 Å². The van der Waals surface area contributed by atoms with E-state index in [4.69, 9.17) is 4.42 Å². The Morgan fingerprint density at radius 1 is 1.50 bits per heavy atom. The van der Waals surface area contributed by atoms with Gasteiger partial charge in [-0.15, -0.1) is 0 Å². The van der Waals surface area contributed by atoms with Crippen LogP contribution in [0.5, 0.6) is 0 Å². The van der Waals surface area contributed by atoms with Gasteiger partial charge in [0.05, 0.1) is 25.3 Å². The summed E-state index contributed by atoms with van der Waals surface area (Å²) in [4.78, 5) is 14.6. The van der Waals surface area contributed by atoms with Crippen molar-refractivity contribution < 1.29 is 26.8 Å². The molecule has 7 nitrogen and oxygen atoms in total. The van der Waals surface area contributed by atoms with Crippen molar-refractivity contribution in [3.05, 3.63) is 42.2 Å². The van der Waals surface area contributed by atoms with E-state index >= 15 is 0 Å². The maximum atomic E-state index is 13.6. The van der Waals surface area contributed by atoms with Crippen LogP contribution in [0.3, 0.4) is 0 Å². The lowest BCUT2D eigenvalue weighted by molar-refractivity contribution is 0.0588. The van der Waals surface area contributed by atoms with Crippen LogP contribution in [0.1, 0.15) is 10.5 Å². The molecule has 0 unspecified atom stereocenters. The number of hydrogen-bond acceptors (Lipinski definition) is 6. The highest BCUT2D eigenvalue weighted by atomic mass is 32.2. The van der Waals surface area contributed by atoms with Crippen molar-refractivity contribution in [1.82, 2.24) is 4.98 Å². The SMILES string of the molecule is COC(=O)c1ncc(NS(=O)(=O)c2ccco2)cc1F. The first-order valence-electron chi connectivity index (χ1n) is 5.24. The number of pyridine rings is 1. The van der Waals surface area contributed by atoms with E-state index in [1.807, 2.05) is 0 Å². The van der Waals surface area contributed by atoms with Gasteiger partial charge in [-0.1, -0.05) is 0 Å². The monoisotopic (exact) mass is 300 g/mol. The third-order valence-electron chi connectivity index (χ3n) is 2.23. The summed E-state index contributed by atoms with van der Waals surface area (Å²) < 4.78 is 48.3. The van der Waals surface area contributed by atoms with Gasteiger partial charge in [-0.05, 0) is 12.1 Å². The van der Waals surface area contributed by atoms with Crippen LogP contribution in [0.2, 0.25) is 0 Å². The Morgan fingerprint density at radius 3 is 2.80 bits per heavy atom. The second-order valence-electron chi connectivity index (χ2n) is 3.58. The summed E-state index contributed by atoms with van der Waals surface area (Å²) in [5.74, 6) is -1.96. The Bertz CT molecular complexity index is 727. The highest BCUT2D eigenvalue weighted by molar-refractivity contribution is 7.92. The Balaban J connectivity index is 2.28. The molecule has 106 valence electrons. The molecule has 0 amide bonds. The number of nitrogens with zero attached hydrogens (tertiary/aromatic N) is 1. The molecule has 0 aliphatic rings. The van der Waals surface area contributed by atoms with Gasteiger partial charge in [0.2, 0.25) is 5.09 Å². The molecule has 1 N–H and O–H groups in total. The highest BCUT2D eigenvalue weighted by Crippen LogP contribution is 2.17. The van der Waals surface area contributed by atoms with Gasteiger partial charge in [-0.25, -0.2) is 14.2 Å². The molecule has 0 bridgehead atoms. The van der Waals surface area contributed by atoms with Crippen molar-refractivity contribution in [3.8, 4) is 0 Å². The van der Waals surface area contributed by atoms with Crippen LogP contribution in [-0.2, 0) is 14.8 Å². The zero-order valence-corrected chi connectivity index (χ0v) is 11.0. The van der Waals surface area contributed by atoms with E-state index in [1.165, 1.54) is 18.4 Å². The molecule has 20 heavy (non-hydrogen) atoms. The molecule has 0 atom stereocenters. The zero-order chi connectivity index (χ0) is 14.8. The first kappa shape index (κ1) is 14.0. The average molecular weight is 300 g/mol.